The highest BCUT2D eigenvalue weighted by molar-refractivity contribution is 7.22. The molecule has 7 nitrogen and oxygen atoms in total. The molecule has 1 aromatic carbocycles. The lowest BCUT2D eigenvalue weighted by Gasteiger charge is -2.25. The number of ether oxygens (including phenoxy) is 1. The number of anilines is 2. The van der Waals surface area contributed by atoms with Crippen LogP contribution < -0.4 is 10.2 Å². The summed E-state index contributed by atoms with van der Waals surface area (Å²) >= 11 is 1.66. The first-order valence-corrected chi connectivity index (χ1v) is 11.3. The van der Waals surface area contributed by atoms with Crippen molar-refractivity contribution in [3.8, 4) is 0 Å². The molecule has 30 heavy (non-hydrogen) atoms. The normalized spacial score (nSPS) is 14.6. The third-order valence-corrected chi connectivity index (χ3v) is 6.43. The molecule has 1 saturated heterocycles. The molecule has 0 saturated carbocycles. The predicted octanol–water partition coefficient (Wildman–Crippen LogP) is 3.78. The molecule has 1 N–H and O–H groups in total. The smallest absolute Gasteiger partial charge is 0.228 e. The van der Waals surface area contributed by atoms with Crippen molar-refractivity contribution < 1.29 is 9.53 Å². The van der Waals surface area contributed by atoms with Crippen LogP contribution in [0.5, 0.6) is 0 Å². The number of hydrogen-bond acceptors (Lipinski definition) is 6. The summed E-state index contributed by atoms with van der Waals surface area (Å²) in [6, 6.07) is 5.91. The molecule has 0 aliphatic carbocycles. The van der Waals surface area contributed by atoms with E-state index in [1.807, 2.05) is 36.7 Å². The van der Waals surface area contributed by atoms with E-state index < -0.39 is 0 Å². The van der Waals surface area contributed by atoms with Gasteiger partial charge in [-0.2, -0.15) is 5.10 Å². The molecule has 1 amide bonds. The van der Waals surface area contributed by atoms with Gasteiger partial charge in [0.25, 0.3) is 0 Å². The van der Waals surface area contributed by atoms with Gasteiger partial charge >= 0.3 is 0 Å². The molecule has 1 aliphatic rings. The fraction of sp³-hybridized carbons (Fsp3) is 0.500. The van der Waals surface area contributed by atoms with E-state index in [1.165, 1.54) is 0 Å². The first kappa shape index (κ1) is 20.8. The molecule has 0 unspecified atom stereocenters. The second-order valence-electron chi connectivity index (χ2n) is 8.23. The number of fused-ring (bicyclic) bond motifs is 1. The fourth-order valence-corrected chi connectivity index (χ4v) is 4.82. The van der Waals surface area contributed by atoms with Crippen molar-refractivity contribution in [1.82, 2.24) is 14.8 Å². The van der Waals surface area contributed by atoms with E-state index in [1.54, 1.807) is 11.3 Å². The summed E-state index contributed by atoms with van der Waals surface area (Å²) in [7, 11) is 0. The molecule has 2 aromatic heterocycles. The predicted molar refractivity (Wildman–Crippen MR) is 122 cm³/mol. The van der Waals surface area contributed by atoms with E-state index in [-0.39, 0.29) is 5.91 Å². The van der Waals surface area contributed by atoms with Gasteiger partial charge in [-0.3, -0.25) is 9.48 Å². The number of benzene rings is 1. The molecule has 0 bridgehead atoms. The van der Waals surface area contributed by atoms with Gasteiger partial charge in [0.05, 0.1) is 35.5 Å². The Morgan fingerprint density at radius 2 is 2.03 bits per heavy atom. The summed E-state index contributed by atoms with van der Waals surface area (Å²) in [6.45, 7) is 12.4. The van der Waals surface area contributed by atoms with Crippen LogP contribution in [-0.2, 0) is 22.5 Å². The third kappa shape index (κ3) is 4.49. The number of hydrogen-bond donors (Lipinski definition) is 1. The molecule has 3 heterocycles. The molecule has 3 aromatic rings. The molecule has 160 valence electrons. The number of morpholine rings is 1. The standard InChI is InChI=1S/C22H29N5O2S/c1-14(2)13-27-16(4)18(15(3)25-27)12-21(28)23-17-5-6-19-20(11-17)30-22(24-19)26-7-9-29-10-8-26/h5-6,11,14H,7-10,12-13H2,1-4H3,(H,23,28). The Hall–Kier alpha value is -2.45. The van der Waals surface area contributed by atoms with Gasteiger partial charge in [-0.05, 0) is 38.0 Å². The summed E-state index contributed by atoms with van der Waals surface area (Å²) in [5.41, 5.74) is 4.78. The monoisotopic (exact) mass is 427 g/mol. The number of rotatable bonds is 6. The van der Waals surface area contributed by atoms with E-state index in [4.69, 9.17) is 9.72 Å². The highest BCUT2D eigenvalue weighted by Gasteiger charge is 2.17. The van der Waals surface area contributed by atoms with Crippen LogP contribution in [-0.4, -0.2) is 47.0 Å². The van der Waals surface area contributed by atoms with E-state index in [0.717, 1.165) is 70.8 Å². The van der Waals surface area contributed by atoms with E-state index in [2.05, 4.69) is 29.2 Å². The van der Waals surface area contributed by atoms with Gasteiger partial charge in [0, 0.05) is 36.6 Å². The maximum Gasteiger partial charge on any atom is 0.228 e. The van der Waals surface area contributed by atoms with Crippen LogP contribution in [0, 0.1) is 19.8 Å². The van der Waals surface area contributed by atoms with Crippen molar-refractivity contribution in [3.63, 3.8) is 0 Å². The average molecular weight is 428 g/mol. The van der Waals surface area contributed by atoms with Crippen LogP contribution in [0.4, 0.5) is 10.8 Å². The van der Waals surface area contributed by atoms with Gasteiger partial charge in [0.15, 0.2) is 5.13 Å². The van der Waals surface area contributed by atoms with Gasteiger partial charge in [-0.1, -0.05) is 25.2 Å². The molecule has 1 fully saturated rings. The summed E-state index contributed by atoms with van der Waals surface area (Å²) in [6.07, 6.45) is 0.329. The molecular weight excluding hydrogens is 398 g/mol. The highest BCUT2D eigenvalue weighted by atomic mass is 32.1. The zero-order valence-corrected chi connectivity index (χ0v) is 18.9. The molecule has 8 heteroatoms. The Morgan fingerprint density at radius 3 is 2.77 bits per heavy atom. The number of nitrogens with zero attached hydrogens (tertiary/aromatic N) is 4. The summed E-state index contributed by atoms with van der Waals surface area (Å²) < 4.78 is 8.51. The molecule has 4 rings (SSSR count). The first-order chi connectivity index (χ1) is 14.4. The molecular formula is C22H29N5O2S. The number of aromatic nitrogens is 3. The summed E-state index contributed by atoms with van der Waals surface area (Å²) in [5, 5.41) is 8.67. The fourth-order valence-electron chi connectivity index (χ4n) is 3.76. The molecule has 1 aliphatic heterocycles. The average Bonchev–Trinajstić information content (AvgIpc) is 3.24. The highest BCUT2D eigenvalue weighted by Crippen LogP contribution is 2.31. The number of aryl methyl sites for hydroxylation is 1. The van der Waals surface area contributed by atoms with Crippen LogP contribution >= 0.6 is 11.3 Å². The second-order valence-corrected chi connectivity index (χ2v) is 9.24. The third-order valence-electron chi connectivity index (χ3n) is 5.35. The second kappa shape index (κ2) is 8.73. The summed E-state index contributed by atoms with van der Waals surface area (Å²) in [5.74, 6) is 0.487. The maximum atomic E-state index is 12.7. The van der Waals surface area contributed by atoms with Crippen LogP contribution in [0.2, 0.25) is 0 Å². The zero-order valence-electron chi connectivity index (χ0n) is 18.1. The van der Waals surface area contributed by atoms with Gasteiger partial charge < -0.3 is 15.0 Å². The van der Waals surface area contributed by atoms with Crippen molar-refractivity contribution in [2.75, 3.05) is 36.5 Å². The minimum absolute atomic E-state index is 0.0254. The Kier molecular flexibility index (Phi) is 6.06. The van der Waals surface area contributed by atoms with Crippen LogP contribution in [0.1, 0.15) is 30.8 Å². The van der Waals surface area contributed by atoms with E-state index in [0.29, 0.717) is 12.3 Å². The quantitative estimate of drug-likeness (QED) is 0.648. The molecule has 0 radical (unpaired) electrons. The number of amides is 1. The van der Waals surface area contributed by atoms with E-state index in [9.17, 15) is 4.79 Å². The SMILES string of the molecule is Cc1nn(CC(C)C)c(C)c1CC(=O)Nc1ccc2nc(N3CCOCC3)sc2c1. The lowest BCUT2D eigenvalue weighted by atomic mass is 10.1. The minimum atomic E-state index is -0.0254. The minimum Gasteiger partial charge on any atom is -0.378 e. The number of carbonyl (C=O) groups is 1. The van der Waals surface area contributed by atoms with Crippen molar-refractivity contribution in [2.24, 2.45) is 5.92 Å². The van der Waals surface area contributed by atoms with Crippen molar-refractivity contribution in [2.45, 2.75) is 40.7 Å². The van der Waals surface area contributed by atoms with Crippen LogP contribution in [0.15, 0.2) is 18.2 Å². The zero-order chi connectivity index (χ0) is 21.3. The number of nitrogens with one attached hydrogen (secondary N) is 1. The topological polar surface area (TPSA) is 72.3 Å². The van der Waals surface area contributed by atoms with Gasteiger partial charge in [0.2, 0.25) is 5.91 Å². The molecule has 0 atom stereocenters. The van der Waals surface area contributed by atoms with Gasteiger partial charge in [-0.25, -0.2) is 4.98 Å². The lowest BCUT2D eigenvalue weighted by molar-refractivity contribution is -0.115. The Bertz CT molecular complexity index is 1050. The Labute approximate surface area is 181 Å². The number of thiazole rings is 1. The van der Waals surface area contributed by atoms with Crippen LogP contribution in [0.3, 0.4) is 0 Å². The maximum absolute atomic E-state index is 12.7. The summed E-state index contributed by atoms with van der Waals surface area (Å²) in [4.78, 5) is 19.7. The van der Waals surface area contributed by atoms with Crippen LogP contribution in [0.25, 0.3) is 10.2 Å². The Morgan fingerprint density at radius 1 is 1.27 bits per heavy atom. The van der Waals surface area contributed by atoms with E-state index >= 15 is 0 Å². The van der Waals surface area contributed by atoms with Gasteiger partial charge in [-0.15, -0.1) is 0 Å². The van der Waals surface area contributed by atoms with Crippen molar-refractivity contribution in [3.05, 3.63) is 35.2 Å². The van der Waals surface area contributed by atoms with Crippen molar-refractivity contribution in [1.29, 1.82) is 0 Å². The first-order valence-electron chi connectivity index (χ1n) is 10.5. The molecule has 0 spiro atoms. The largest absolute Gasteiger partial charge is 0.378 e. The van der Waals surface area contributed by atoms with Crippen molar-refractivity contribution >= 4 is 38.3 Å². The lowest BCUT2D eigenvalue weighted by Crippen LogP contribution is -2.36. The van der Waals surface area contributed by atoms with Gasteiger partial charge in [0.1, 0.15) is 0 Å². The Balaban J connectivity index is 1.46. The number of carbonyl (C=O) groups excluding carboxylic acids is 1.